The van der Waals surface area contributed by atoms with Gasteiger partial charge in [0.05, 0.1) is 30.4 Å². The van der Waals surface area contributed by atoms with Gasteiger partial charge in [-0.15, -0.1) is 0 Å². The number of carbonyl (C=O) groups excluding carboxylic acids is 1. The molecule has 2 N–H and O–H groups in total. The van der Waals surface area contributed by atoms with E-state index in [0.29, 0.717) is 0 Å². The Morgan fingerprint density at radius 3 is 2.95 bits per heavy atom. The molecule has 0 bridgehead atoms. The number of benzene rings is 1. The number of nitro benzene ring substituents is 1. The fraction of sp³-hybridized carbons (Fsp3) is 0.182. The number of methoxy groups -OCH3 is 1. The van der Waals surface area contributed by atoms with Gasteiger partial charge in [0, 0.05) is 11.6 Å². The standard InChI is InChI=1S/C11H10N4O5/c1-20-9-5-8(15(18)19)4-7(11(9)17)6-13-14-10(16)2-3-12/h4-6,17H,2H2,1H3,(H,14,16)/b13-6+. The van der Waals surface area contributed by atoms with Gasteiger partial charge < -0.3 is 9.84 Å². The maximum Gasteiger partial charge on any atom is 0.274 e. The Bertz CT molecular complexity index is 606. The van der Waals surface area contributed by atoms with Crippen molar-refractivity contribution < 1.29 is 19.6 Å². The molecule has 0 radical (unpaired) electrons. The Kier molecular flexibility index (Phi) is 4.99. The zero-order valence-corrected chi connectivity index (χ0v) is 10.4. The number of hydrazone groups is 1. The maximum absolute atomic E-state index is 11.0. The molecular formula is C11H10N4O5. The van der Waals surface area contributed by atoms with Gasteiger partial charge in [0.1, 0.15) is 6.42 Å². The van der Waals surface area contributed by atoms with Crippen LogP contribution in [0.5, 0.6) is 11.5 Å². The summed E-state index contributed by atoms with van der Waals surface area (Å²) in [5, 5.41) is 32.2. The summed E-state index contributed by atoms with van der Waals surface area (Å²) in [6.07, 6.45) is 0.641. The highest BCUT2D eigenvalue weighted by molar-refractivity contribution is 5.87. The van der Waals surface area contributed by atoms with Crippen LogP contribution in [0.4, 0.5) is 5.69 Å². The van der Waals surface area contributed by atoms with Crippen molar-refractivity contribution in [1.29, 1.82) is 5.26 Å². The van der Waals surface area contributed by atoms with Gasteiger partial charge in [0.2, 0.25) is 0 Å². The summed E-state index contributed by atoms with van der Waals surface area (Å²) in [5.41, 5.74) is 1.72. The molecule has 1 aromatic carbocycles. The lowest BCUT2D eigenvalue weighted by Gasteiger charge is -2.05. The first-order valence-corrected chi connectivity index (χ1v) is 5.23. The van der Waals surface area contributed by atoms with Crippen LogP contribution in [0.2, 0.25) is 0 Å². The zero-order chi connectivity index (χ0) is 15.1. The molecular weight excluding hydrogens is 268 g/mol. The van der Waals surface area contributed by atoms with E-state index in [4.69, 9.17) is 10.00 Å². The first-order valence-electron chi connectivity index (χ1n) is 5.23. The van der Waals surface area contributed by atoms with Crippen LogP contribution in [0.1, 0.15) is 12.0 Å². The summed E-state index contributed by atoms with van der Waals surface area (Å²) in [6, 6.07) is 3.75. The summed E-state index contributed by atoms with van der Waals surface area (Å²) in [4.78, 5) is 21.0. The van der Waals surface area contributed by atoms with Gasteiger partial charge in [-0.25, -0.2) is 5.43 Å². The van der Waals surface area contributed by atoms with E-state index in [0.717, 1.165) is 18.3 Å². The van der Waals surface area contributed by atoms with Gasteiger partial charge in [-0.3, -0.25) is 14.9 Å². The number of amides is 1. The lowest BCUT2D eigenvalue weighted by molar-refractivity contribution is -0.385. The summed E-state index contributed by atoms with van der Waals surface area (Å²) in [5.74, 6) is -1.08. The topological polar surface area (TPSA) is 138 Å². The zero-order valence-electron chi connectivity index (χ0n) is 10.4. The van der Waals surface area contributed by atoms with Crippen molar-refractivity contribution in [2.24, 2.45) is 5.10 Å². The number of nitrogens with zero attached hydrogens (tertiary/aromatic N) is 3. The monoisotopic (exact) mass is 278 g/mol. The Morgan fingerprint density at radius 1 is 1.70 bits per heavy atom. The third kappa shape index (κ3) is 3.67. The van der Waals surface area contributed by atoms with Crippen LogP contribution in [0, 0.1) is 21.4 Å². The number of hydrogen-bond donors (Lipinski definition) is 2. The Hall–Kier alpha value is -3.15. The predicted octanol–water partition coefficient (Wildman–Crippen LogP) is 0.673. The number of nitriles is 1. The SMILES string of the molecule is COc1cc([N+](=O)[O-])cc(/C=N/NC(=O)CC#N)c1O. The molecule has 104 valence electrons. The van der Waals surface area contributed by atoms with Crippen molar-refractivity contribution in [2.45, 2.75) is 6.42 Å². The van der Waals surface area contributed by atoms with Crippen LogP contribution in [0.3, 0.4) is 0 Å². The van der Waals surface area contributed by atoms with E-state index in [2.05, 4.69) is 5.10 Å². The van der Waals surface area contributed by atoms with Crippen molar-refractivity contribution in [3.05, 3.63) is 27.8 Å². The largest absolute Gasteiger partial charge is 0.504 e. The number of hydrogen-bond acceptors (Lipinski definition) is 7. The molecule has 0 atom stereocenters. The molecule has 0 unspecified atom stereocenters. The van der Waals surface area contributed by atoms with E-state index in [1.54, 1.807) is 6.07 Å². The third-order valence-corrected chi connectivity index (χ3v) is 2.15. The molecule has 0 heterocycles. The lowest BCUT2D eigenvalue weighted by Crippen LogP contribution is -2.16. The Labute approximate surface area is 113 Å². The van der Waals surface area contributed by atoms with Crippen LogP contribution in [-0.4, -0.2) is 29.3 Å². The van der Waals surface area contributed by atoms with Crippen LogP contribution in [-0.2, 0) is 4.79 Å². The van der Waals surface area contributed by atoms with E-state index in [1.807, 2.05) is 5.43 Å². The van der Waals surface area contributed by atoms with Gasteiger partial charge >= 0.3 is 0 Å². The fourth-order valence-corrected chi connectivity index (χ4v) is 1.26. The molecule has 1 aromatic rings. The first kappa shape index (κ1) is 14.9. The number of carbonyl (C=O) groups is 1. The molecule has 0 aliphatic carbocycles. The quantitative estimate of drug-likeness (QED) is 0.461. The minimum absolute atomic E-state index is 0.00620. The van der Waals surface area contributed by atoms with Gasteiger partial charge in [0.15, 0.2) is 11.5 Å². The summed E-state index contributed by atoms with van der Waals surface area (Å²) < 4.78 is 4.80. The first-order chi connectivity index (χ1) is 9.49. The molecule has 9 heteroatoms. The summed E-state index contributed by atoms with van der Waals surface area (Å²) >= 11 is 0. The number of nitro groups is 1. The minimum Gasteiger partial charge on any atom is -0.504 e. The molecule has 0 saturated heterocycles. The summed E-state index contributed by atoms with van der Waals surface area (Å²) in [6.45, 7) is 0. The number of non-ortho nitro benzene ring substituents is 1. The van der Waals surface area contributed by atoms with Crippen LogP contribution >= 0.6 is 0 Å². The molecule has 0 saturated carbocycles. The lowest BCUT2D eigenvalue weighted by atomic mass is 10.2. The average molecular weight is 278 g/mol. The number of nitrogens with one attached hydrogen (secondary N) is 1. The van der Waals surface area contributed by atoms with Crippen LogP contribution < -0.4 is 10.2 Å². The smallest absolute Gasteiger partial charge is 0.274 e. The molecule has 0 aliphatic rings. The molecule has 0 aliphatic heterocycles. The van der Waals surface area contributed by atoms with Crippen molar-refractivity contribution in [3.8, 4) is 17.6 Å². The molecule has 0 fully saturated rings. The molecule has 0 spiro atoms. The maximum atomic E-state index is 11.0. The highest BCUT2D eigenvalue weighted by Gasteiger charge is 2.15. The van der Waals surface area contributed by atoms with Gasteiger partial charge in [-0.1, -0.05) is 0 Å². The van der Waals surface area contributed by atoms with Crippen molar-refractivity contribution >= 4 is 17.8 Å². The van der Waals surface area contributed by atoms with E-state index >= 15 is 0 Å². The highest BCUT2D eigenvalue weighted by Crippen LogP contribution is 2.33. The van der Waals surface area contributed by atoms with Crippen molar-refractivity contribution in [1.82, 2.24) is 5.43 Å². The van der Waals surface area contributed by atoms with Crippen LogP contribution in [0.25, 0.3) is 0 Å². The highest BCUT2D eigenvalue weighted by atomic mass is 16.6. The molecule has 9 nitrogen and oxygen atoms in total. The van der Waals surface area contributed by atoms with E-state index in [9.17, 15) is 20.0 Å². The molecule has 0 aromatic heterocycles. The van der Waals surface area contributed by atoms with E-state index in [-0.39, 0.29) is 29.2 Å². The average Bonchev–Trinajstić information content (AvgIpc) is 2.40. The van der Waals surface area contributed by atoms with E-state index < -0.39 is 10.8 Å². The number of phenolic OH excluding ortho intramolecular Hbond substituents is 1. The predicted molar refractivity (Wildman–Crippen MR) is 67.3 cm³/mol. The second kappa shape index (κ2) is 6.69. The van der Waals surface area contributed by atoms with Crippen LogP contribution in [0.15, 0.2) is 17.2 Å². The minimum atomic E-state index is -0.659. The fourth-order valence-electron chi connectivity index (χ4n) is 1.26. The van der Waals surface area contributed by atoms with Crippen molar-refractivity contribution in [3.63, 3.8) is 0 Å². The van der Waals surface area contributed by atoms with E-state index in [1.165, 1.54) is 7.11 Å². The number of phenols is 1. The number of ether oxygens (including phenoxy) is 1. The third-order valence-electron chi connectivity index (χ3n) is 2.15. The van der Waals surface area contributed by atoms with Gasteiger partial charge in [-0.05, 0) is 0 Å². The second-order valence-corrected chi connectivity index (χ2v) is 3.47. The molecule has 20 heavy (non-hydrogen) atoms. The molecule has 1 amide bonds. The molecule has 1 rings (SSSR count). The Morgan fingerprint density at radius 2 is 2.40 bits per heavy atom. The number of aromatic hydroxyl groups is 1. The normalized spacial score (nSPS) is 10.0. The van der Waals surface area contributed by atoms with Gasteiger partial charge in [0.25, 0.3) is 11.6 Å². The summed E-state index contributed by atoms with van der Waals surface area (Å²) in [7, 11) is 1.24. The second-order valence-electron chi connectivity index (χ2n) is 3.47. The van der Waals surface area contributed by atoms with Gasteiger partial charge in [-0.2, -0.15) is 10.4 Å². The van der Waals surface area contributed by atoms with Crippen molar-refractivity contribution in [2.75, 3.05) is 7.11 Å². The Balaban J connectivity index is 3.02. The number of rotatable bonds is 5.